The van der Waals surface area contributed by atoms with Crippen molar-refractivity contribution in [1.82, 2.24) is 0 Å². The molecule has 0 unspecified atom stereocenters. The summed E-state index contributed by atoms with van der Waals surface area (Å²) in [6, 6.07) is 2.97. The second-order valence-corrected chi connectivity index (χ2v) is 3.29. The summed E-state index contributed by atoms with van der Waals surface area (Å²) in [5.41, 5.74) is 1.14. The van der Waals surface area contributed by atoms with Gasteiger partial charge in [0.25, 0.3) is 0 Å². The highest BCUT2D eigenvalue weighted by Gasteiger charge is 2.03. The predicted molar refractivity (Wildman–Crippen MR) is 53.5 cm³/mol. The van der Waals surface area contributed by atoms with Gasteiger partial charge < -0.3 is 0 Å². The molecule has 0 amide bonds. The van der Waals surface area contributed by atoms with Crippen molar-refractivity contribution in [3.8, 4) is 0 Å². The average molecular weight is 246 g/mol. The number of thiocarbonyl (C=S) groups is 1. The molecule has 0 aromatic heterocycles. The first-order valence-electron chi connectivity index (χ1n) is 3.18. The summed E-state index contributed by atoms with van der Waals surface area (Å²) in [4.78, 5) is 3.58. The molecule has 0 aliphatic carbocycles. The summed E-state index contributed by atoms with van der Waals surface area (Å²) in [6.45, 7) is 1.85. The van der Waals surface area contributed by atoms with Gasteiger partial charge in [-0.3, -0.25) is 0 Å². The molecule has 0 saturated carbocycles. The molecular formula is C8H5BrFNS. The maximum atomic E-state index is 13.0. The van der Waals surface area contributed by atoms with E-state index in [9.17, 15) is 4.39 Å². The van der Waals surface area contributed by atoms with E-state index in [1.165, 1.54) is 6.07 Å². The Morgan fingerprint density at radius 1 is 1.58 bits per heavy atom. The van der Waals surface area contributed by atoms with E-state index in [1.807, 2.05) is 6.92 Å². The van der Waals surface area contributed by atoms with Crippen molar-refractivity contribution < 1.29 is 4.39 Å². The first-order chi connectivity index (χ1) is 5.65. The molecule has 12 heavy (non-hydrogen) atoms. The lowest BCUT2D eigenvalue weighted by Gasteiger charge is -1.99. The zero-order chi connectivity index (χ0) is 9.14. The lowest BCUT2D eigenvalue weighted by Crippen LogP contribution is -1.80. The lowest BCUT2D eigenvalue weighted by atomic mass is 10.2. The van der Waals surface area contributed by atoms with Crippen LogP contribution in [0.15, 0.2) is 21.6 Å². The Hall–Kier alpha value is -0.570. The highest BCUT2D eigenvalue weighted by Crippen LogP contribution is 2.25. The van der Waals surface area contributed by atoms with E-state index in [4.69, 9.17) is 0 Å². The minimum atomic E-state index is -0.398. The van der Waals surface area contributed by atoms with Gasteiger partial charge in [0.15, 0.2) is 5.82 Å². The minimum absolute atomic E-state index is 0.228. The van der Waals surface area contributed by atoms with Gasteiger partial charge in [-0.1, -0.05) is 15.9 Å². The molecule has 62 valence electrons. The molecule has 1 nitrogen and oxygen atoms in total. The molecule has 0 heterocycles. The van der Waals surface area contributed by atoms with Crippen LogP contribution in [0, 0.1) is 12.7 Å². The van der Waals surface area contributed by atoms with Crippen molar-refractivity contribution in [2.24, 2.45) is 4.99 Å². The Bertz CT molecular complexity index is 358. The van der Waals surface area contributed by atoms with Gasteiger partial charge in [-0.2, -0.15) is 4.99 Å². The summed E-state index contributed by atoms with van der Waals surface area (Å²) in [7, 11) is 0. The van der Waals surface area contributed by atoms with Crippen molar-refractivity contribution in [3.05, 3.63) is 28.0 Å². The Morgan fingerprint density at radius 2 is 2.25 bits per heavy atom. The van der Waals surface area contributed by atoms with Crippen molar-refractivity contribution in [1.29, 1.82) is 0 Å². The van der Waals surface area contributed by atoms with Crippen molar-refractivity contribution >= 4 is 39.0 Å². The van der Waals surface area contributed by atoms with Crippen molar-refractivity contribution in [2.45, 2.75) is 6.92 Å². The molecule has 1 aromatic rings. The van der Waals surface area contributed by atoms with Gasteiger partial charge in [-0.05, 0) is 36.8 Å². The van der Waals surface area contributed by atoms with Gasteiger partial charge in [0.2, 0.25) is 0 Å². The van der Waals surface area contributed by atoms with Crippen LogP contribution in [0.3, 0.4) is 0 Å². The topological polar surface area (TPSA) is 12.4 Å². The van der Waals surface area contributed by atoms with Gasteiger partial charge in [0.05, 0.1) is 5.16 Å². The fourth-order valence-corrected chi connectivity index (χ4v) is 1.19. The highest BCUT2D eigenvalue weighted by atomic mass is 79.9. The molecule has 0 N–H and O–H groups in total. The number of halogens is 2. The molecule has 4 heteroatoms. The van der Waals surface area contributed by atoms with Crippen LogP contribution >= 0.6 is 28.1 Å². The highest BCUT2D eigenvalue weighted by molar-refractivity contribution is 9.10. The Morgan fingerprint density at radius 3 is 2.83 bits per heavy atom. The fourth-order valence-electron chi connectivity index (χ4n) is 0.777. The minimum Gasteiger partial charge on any atom is -0.205 e. The van der Waals surface area contributed by atoms with E-state index in [0.29, 0.717) is 0 Å². The number of isothiocyanates is 1. The molecule has 0 aliphatic rings. The molecule has 0 atom stereocenters. The third kappa shape index (κ3) is 1.97. The van der Waals surface area contributed by atoms with Gasteiger partial charge in [0.1, 0.15) is 5.69 Å². The number of benzene rings is 1. The van der Waals surface area contributed by atoms with Gasteiger partial charge in [0, 0.05) is 4.47 Å². The van der Waals surface area contributed by atoms with E-state index in [1.54, 1.807) is 6.07 Å². The summed E-state index contributed by atoms with van der Waals surface area (Å²) < 4.78 is 13.7. The predicted octanol–water partition coefficient (Wildman–Crippen LogP) is 3.63. The Labute approximate surface area is 83.4 Å². The van der Waals surface area contributed by atoms with Gasteiger partial charge in [-0.25, -0.2) is 4.39 Å². The standard InChI is InChI=1S/C8H5BrFNS/c1-5-2-8(11-4-12)7(10)3-6(5)9/h2-3H,1H3. The van der Waals surface area contributed by atoms with Crippen molar-refractivity contribution in [3.63, 3.8) is 0 Å². The third-order valence-corrected chi connectivity index (χ3v) is 2.34. The Balaban J connectivity index is 3.32. The molecule has 1 aromatic carbocycles. The number of hydrogen-bond acceptors (Lipinski definition) is 2. The summed E-state index contributed by atoms with van der Waals surface area (Å²) in [5, 5.41) is 2.12. The summed E-state index contributed by atoms with van der Waals surface area (Å²) in [6.07, 6.45) is 0. The summed E-state index contributed by atoms with van der Waals surface area (Å²) >= 11 is 7.58. The first-order valence-corrected chi connectivity index (χ1v) is 4.39. The smallest absolute Gasteiger partial charge is 0.150 e. The molecule has 0 bridgehead atoms. The molecule has 0 radical (unpaired) electrons. The first kappa shape index (κ1) is 9.52. The monoisotopic (exact) mass is 245 g/mol. The summed E-state index contributed by atoms with van der Waals surface area (Å²) in [5.74, 6) is -0.398. The molecule has 1 rings (SSSR count). The maximum absolute atomic E-state index is 13.0. The molecular weight excluding hydrogens is 241 g/mol. The second-order valence-electron chi connectivity index (χ2n) is 2.26. The van der Waals surface area contributed by atoms with Crippen molar-refractivity contribution in [2.75, 3.05) is 0 Å². The molecule has 0 fully saturated rings. The molecule has 0 aliphatic heterocycles. The van der Waals surface area contributed by atoms with Gasteiger partial charge >= 0.3 is 0 Å². The van der Waals surface area contributed by atoms with Crippen LogP contribution in [-0.4, -0.2) is 5.16 Å². The van der Waals surface area contributed by atoms with Crippen LogP contribution < -0.4 is 0 Å². The number of hydrogen-bond donors (Lipinski definition) is 0. The van der Waals surface area contributed by atoms with E-state index in [2.05, 4.69) is 38.3 Å². The number of aliphatic imine (C=N–C) groups is 1. The lowest BCUT2D eigenvalue weighted by molar-refractivity contribution is 0.629. The van der Waals surface area contributed by atoms with Crippen LogP contribution in [0.25, 0.3) is 0 Å². The molecule has 0 saturated heterocycles. The van der Waals surface area contributed by atoms with E-state index >= 15 is 0 Å². The number of nitrogens with zero attached hydrogens (tertiary/aromatic N) is 1. The third-order valence-electron chi connectivity index (χ3n) is 1.39. The van der Waals surface area contributed by atoms with Crippen LogP contribution in [0.5, 0.6) is 0 Å². The van der Waals surface area contributed by atoms with Crippen LogP contribution in [-0.2, 0) is 0 Å². The SMILES string of the molecule is Cc1cc(N=C=S)c(F)cc1Br. The van der Waals surface area contributed by atoms with Crippen LogP contribution in [0.4, 0.5) is 10.1 Å². The van der Waals surface area contributed by atoms with E-state index < -0.39 is 5.82 Å². The van der Waals surface area contributed by atoms with Gasteiger partial charge in [-0.15, -0.1) is 0 Å². The zero-order valence-corrected chi connectivity index (χ0v) is 8.67. The average Bonchev–Trinajstić information content (AvgIpc) is 2.01. The van der Waals surface area contributed by atoms with Crippen LogP contribution in [0.2, 0.25) is 0 Å². The largest absolute Gasteiger partial charge is 0.205 e. The van der Waals surface area contributed by atoms with E-state index in [-0.39, 0.29) is 5.69 Å². The normalized spacial score (nSPS) is 9.25. The molecule has 0 spiro atoms. The number of rotatable bonds is 1. The van der Waals surface area contributed by atoms with Crippen LogP contribution in [0.1, 0.15) is 5.56 Å². The fraction of sp³-hybridized carbons (Fsp3) is 0.125. The van der Waals surface area contributed by atoms with E-state index in [0.717, 1.165) is 10.0 Å². The quantitative estimate of drug-likeness (QED) is 0.544. The Kier molecular flexibility index (Phi) is 3.09. The number of aryl methyl sites for hydroxylation is 1. The second kappa shape index (κ2) is 3.90. The zero-order valence-electron chi connectivity index (χ0n) is 6.27. The maximum Gasteiger partial charge on any atom is 0.150 e.